The van der Waals surface area contributed by atoms with Gasteiger partial charge in [0.1, 0.15) is 91.6 Å². The number of carbonyl (C=O) groups is 1. The van der Waals surface area contributed by atoms with Gasteiger partial charge in [-0.3, -0.25) is 4.79 Å². The van der Waals surface area contributed by atoms with Crippen LogP contribution in [0.1, 0.15) is 72.6 Å². The van der Waals surface area contributed by atoms with Crippen LogP contribution in [0.3, 0.4) is 0 Å². The molecule has 4 aliphatic carbocycles. The fourth-order valence-corrected chi connectivity index (χ4v) is 15.0. The number of carbonyl (C=O) groups excluding carboxylic acids is 1. The first-order valence-corrected chi connectivity index (χ1v) is 26.5. The van der Waals surface area contributed by atoms with Gasteiger partial charge in [0.15, 0.2) is 36.7 Å². The number of allylic oxidation sites excluding steroid dienone is 2. The minimum Gasteiger partial charge on any atom is -0.394 e. The molecule has 9 fully saturated rings. The van der Waals surface area contributed by atoms with E-state index in [0.29, 0.717) is 18.9 Å². The molecule has 1 spiro atoms. The van der Waals surface area contributed by atoms with E-state index in [4.69, 9.17) is 47.4 Å². The number of fused-ring (bicyclic) bond motifs is 7. The Bertz CT molecular complexity index is 2010. The molecule has 6 heterocycles. The van der Waals surface area contributed by atoms with E-state index in [1.165, 1.54) is 0 Å². The van der Waals surface area contributed by atoms with Gasteiger partial charge in [-0.2, -0.15) is 0 Å². The van der Waals surface area contributed by atoms with Crippen molar-refractivity contribution in [3.8, 4) is 0 Å². The molecule has 0 aromatic rings. The molecule has 13 N–H and O–H groups in total. The van der Waals surface area contributed by atoms with Gasteiger partial charge in [-0.05, 0) is 73.7 Å². The Kier molecular flexibility index (Phi) is 16.0. The summed E-state index contributed by atoms with van der Waals surface area (Å²) in [5.41, 5.74) is -0.156. The molecular weight excluding hydrogens is 985 g/mol. The normalized spacial score (nSPS) is 56.6. The number of ketones is 1. The summed E-state index contributed by atoms with van der Waals surface area (Å²) < 4.78 is 60.7. The second-order valence-electron chi connectivity index (χ2n) is 23.5. The summed E-state index contributed by atoms with van der Waals surface area (Å²) in [4.78, 5) is 14.6. The van der Waals surface area contributed by atoms with Crippen LogP contribution < -0.4 is 0 Å². The van der Waals surface area contributed by atoms with Gasteiger partial charge >= 0.3 is 0 Å². The van der Waals surface area contributed by atoms with Crippen LogP contribution >= 0.6 is 0 Å². The highest BCUT2D eigenvalue weighted by Crippen LogP contribution is 2.69. The van der Waals surface area contributed by atoms with Gasteiger partial charge in [0.2, 0.25) is 0 Å². The predicted molar refractivity (Wildman–Crippen MR) is 244 cm³/mol. The summed E-state index contributed by atoms with van der Waals surface area (Å²) >= 11 is 0. The lowest BCUT2D eigenvalue weighted by atomic mass is 9.47. The maximum atomic E-state index is 14.6. The molecule has 6 saturated heterocycles. The van der Waals surface area contributed by atoms with Gasteiger partial charge in [-0.25, -0.2) is 0 Å². The Hall–Kier alpha value is -1.51. The third-order valence-electron chi connectivity index (χ3n) is 19.3. The van der Waals surface area contributed by atoms with Crippen LogP contribution in [0.2, 0.25) is 0 Å². The second-order valence-corrected chi connectivity index (χ2v) is 23.5. The average molecular weight is 1060 g/mol. The molecule has 3 saturated carbocycles. The molecule has 24 heteroatoms. The van der Waals surface area contributed by atoms with E-state index in [-0.39, 0.29) is 47.9 Å². The SMILES string of the molecule is CC1CCC2(OC1)OC1CC3C4CCC5CC(OC6OC(CO)C(OC7OC(CO)C(O)C(OC8OCC(O)C(O)C8O)C7OC7OC(CO)C(O)C(O)C7O)C(O)C6O)C(O)CC5(C)C4=CC(=O)C3(C)C1C2C. The summed E-state index contributed by atoms with van der Waals surface area (Å²) in [6, 6.07) is 0. The first-order valence-electron chi connectivity index (χ1n) is 26.5. The van der Waals surface area contributed by atoms with Crippen molar-refractivity contribution >= 4 is 5.78 Å². The van der Waals surface area contributed by atoms with Gasteiger partial charge in [0.05, 0.1) is 51.3 Å². The minimum atomic E-state index is -2.04. The number of aliphatic hydroxyl groups excluding tert-OH is 13. The molecule has 31 atom stereocenters. The molecule has 0 amide bonds. The second kappa shape index (κ2) is 21.2. The van der Waals surface area contributed by atoms with E-state index in [0.717, 1.165) is 37.7 Å². The van der Waals surface area contributed by atoms with E-state index in [2.05, 4.69) is 27.7 Å². The maximum absolute atomic E-state index is 14.6. The largest absolute Gasteiger partial charge is 0.394 e. The fraction of sp³-hybridized carbons (Fsp3) is 0.940. The highest BCUT2D eigenvalue weighted by atomic mass is 16.8. The van der Waals surface area contributed by atoms with Crippen molar-refractivity contribution in [3.63, 3.8) is 0 Å². The molecule has 31 unspecified atom stereocenters. The molecule has 10 aliphatic rings. The number of aliphatic hydroxyl groups is 13. The van der Waals surface area contributed by atoms with Crippen molar-refractivity contribution in [1.82, 2.24) is 0 Å². The Morgan fingerprint density at radius 2 is 1.24 bits per heavy atom. The molecule has 0 radical (unpaired) electrons. The van der Waals surface area contributed by atoms with E-state index in [1.807, 2.05) is 6.08 Å². The Balaban J connectivity index is 0.843. The maximum Gasteiger partial charge on any atom is 0.187 e. The Labute approximate surface area is 427 Å². The first kappa shape index (κ1) is 55.8. The van der Waals surface area contributed by atoms with Crippen LogP contribution in [0.4, 0.5) is 0 Å². The standard InChI is InChI=1S/C50H78O24/c1-18-7-8-50(66-16-18)19(2)32-27(74-50)10-23-21-6-5-20-9-26(24(54)12-48(20,3)22(21)11-31(56)49(23,32)4)67-45-40(64)37(61)41(30(15-53)70-45)71-47-43(73-46-39(63)36(60)34(58)28(13-51)68-46)42(35(59)29(14-52)69-47)72-44-38(62)33(57)25(55)17-65-44/h11,18-21,23-30,32-47,51-55,57-64H,5-10,12-17H2,1-4H3. The number of rotatable bonds is 11. The molecule has 0 bridgehead atoms. The van der Waals surface area contributed by atoms with Gasteiger partial charge < -0.3 is 114 Å². The van der Waals surface area contributed by atoms with Crippen molar-refractivity contribution in [2.24, 2.45) is 46.3 Å². The lowest BCUT2D eigenvalue weighted by molar-refractivity contribution is -0.404. The van der Waals surface area contributed by atoms with Crippen molar-refractivity contribution in [2.75, 3.05) is 33.0 Å². The molecule has 10 rings (SSSR count). The number of hydrogen-bond donors (Lipinski definition) is 13. The topological polar surface area (TPSA) is 372 Å². The van der Waals surface area contributed by atoms with Crippen LogP contribution in [-0.2, 0) is 52.2 Å². The van der Waals surface area contributed by atoms with Crippen LogP contribution in [0.5, 0.6) is 0 Å². The van der Waals surface area contributed by atoms with Gasteiger partial charge in [0.25, 0.3) is 0 Å². The van der Waals surface area contributed by atoms with Crippen LogP contribution in [0, 0.1) is 46.3 Å². The quantitative estimate of drug-likeness (QED) is 0.0873. The number of hydrogen-bond acceptors (Lipinski definition) is 24. The van der Waals surface area contributed by atoms with Crippen molar-refractivity contribution in [3.05, 3.63) is 11.6 Å². The Morgan fingerprint density at radius 1 is 0.622 bits per heavy atom. The summed E-state index contributed by atoms with van der Waals surface area (Å²) in [6.07, 6.45) is -29.9. The first-order chi connectivity index (χ1) is 35.1. The lowest BCUT2D eigenvalue weighted by Gasteiger charge is -2.57. The van der Waals surface area contributed by atoms with E-state index >= 15 is 0 Å². The summed E-state index contributed by atoms with van der Waals surface area (Å²) in [7, 11) is 0. The van der Waals surface area contributed by atoms with Gasteiger partial charge in [0, 0.05) is 23.7 Å². The lowest BCUT2D eigenvalue weighted by Crippen LogP contribution is -2.68. The summed E-state index contributed by atoms with van der Waals surface area (Å²) in [5, 5.41) is 141. The molecule has 422 valence electrons. The van der Waals surface area contributed by atoms with Crippen molar-refractivity contribution < 1.29 is 119 Å². The smallest absolute Gasteiger partial charge is 0.187 e. The average Bonchev–Trinajstić information content (AvgIpc) is 3.83. The van der Waals surface area contributed by atoms with Crippen molar-refractivity contribution in [2.45, 2.75) is 213 Å². The van der Waals surface area contributed by atoms with E-state index in [9.17, 15) is 71.2 Å². The molecular formula is C50H78O24. The highest BCUT2D eigenvalue weighted by Gasteiger charge is 2.71. The third-order valence-corrected chi connectivity index (χ3v) is 19.3. The van der Waals surface area contributed by atoms with Gasteiger partial charge in [-0.15, -0.1) is 0 Å². The zero-order chi connectivity index (χ0) is 53.1. The zero-order valence-electron chi connectivity index (χ0n) is 42.0. The highest BCUT2D eigenvalue weighted by molar-refractivity contribution is 5.97. The molecule has 24 nitrogen and oxygen atoms in total. The van der Waals surface area contributed by atoms with Crippen LogP contribution in [0.15, 0.2) is 11.6 Å². The minimum absolute atomic E-state index is 0.0120. The predicted octanol–water partition coefficient (Wildman–Crippen LogP) is -4.20. The fourth-order valence-electron chi connectivity index (χ4n) is 15.0. The van der Waals surface area contributed by atoms with Crippen LogP contribution in [0.25, 0.3) is 0 Å². The molecule has 0 aromatic carbocycles. The molecule has 74 heavy (non-hydrogen) atoms. The summed E-state index contributed by atoms with van der Waals surface area (Å²) in [5.74, 6) is 0.0351. The Morgan fingerprint density at radius 3 is 1.93 bits per heavy atom. The molecule has 0 aromatic heterocycles. The van der Waals surface area contributed by atoms with E-state index in [1.54, 1.807) is 0 Å². The third kappa shape index (κ3) is 9.19. The monoisotopic (exact) mass is 1060 g/mol. The van der Waals surface area contributed by atoms with E-state index < -0.39 is 172 Å². The zero-order valence-corrected chi connectivity index (χ0v) is 42.0. The van der Waals surface area contributed by atoms with Gasteiger partial charge in [-0.1, -0.05) is 33.3 Å². The molecule has 6 aliphatic heterocycles. The van der Waals surface area contributed by atoms with Crippen molar-refractivity contribution in [1.29, 1.82) is 0 Å². The summed E-state index contributed by atoms with van der Waals surface area (Å²) in [6.45, 7) is 6.01. The number of ether oxygens (including phenoxy) is 10. The van der Waals surface area contributed by atoms with Crippen LogP contribution in [-0.4, -0.2) is 246 Å².